The summed E-state index contributed by atoms with van der Waals surface area (Å²) in [5.41, 5.74) is 2.88. The van der Waals surface area contributed by atoms with Crippen molar-refractivity contribution in [1.82, 2.24) is 9.78 Å². The number of azo groups is 1. The van der Waals surface area contributed by atoms with Gasteiger partial charge in [-0.1, -0.05) is 23.7 Å². The number of nitrogens with one attached hydrogen (secondary N) is 1. The molecule has 0 spiro atoms. The van der Waals surface area contributed by atoms with Gasteiger partial charge in [-0.3, -0.25) is 14.2 Å². The van der Waals surface area contributed by atoms with Gasteiger partial charge in [-0.15, -0.1) is 10.2 Å². The largest absolute Gasteiger partial charge is 0.744 e. The molecule has 41 heavy (non-hydrogen) atoms. The third-order valence-electron chi connectivity index (χ3n) is 5.66. The number of nitrogens with two attached hydrogens (primary N) is 1. The van der Waals surface area contributed by atoms with E-state index in [1.54, 1.807) is 0 Å². The lowest BCUT2D eigenvalue weighted by molar-refractivity contribution is -0.137. The van der Waals surface area contributed by atoms with E-state index in [0.717, 1.165) is 58.5 Å². The number of hydrogen-bond acceptors (Lipinski definition) is 9. The smallest absolute Gasteiger partial charge is 0.416 e. The van der Waals surface area contributed by atoms with Crippen molar-refractivity contribution >= 4 is 54.6 Å². The van der Waals surface area contributed by atoms with Crippen LogP contribution in [0, 0.1) is 0 Å². The molecule has 4 aromatic rings. The third kappa shape index (κ3) is 5.97. The van der Waals surface area contributed by atoms with Crippen LogP contribution in [-0.4, -0.2) is 38.2 Å². The van der Waals surface area contributed by atoms with Gasteiger partial charge in [-0.2, -0.15) is 13.2 Å². The summed E-state index contributed by atoms with van der Waals surface area (Å²) in [4.78, 5) is 11.9. The van der Waals surface area contributed by atoms with Crippen molar-refractivity contribution in [2.24, 2.45) is 10.2 Å². The van der Waals surface area contributed by atoms with E-state index in [1.807, 2.05) is 0 Å². The van der Waals surface area contributed by atoms with Crippen molar-refractivity contribution < 1.29 is 34.6 Å². The van der Waals surface area contributed by atoms with Gasteiger partial charge in [-0.25, -0.2) is 21.5 Å². The molecule has 0 bridgehead atoms. The highest BCUT2D eigenvalue weighted by Gasteiger charge is 2.31. The topological polar surface area (TPSA) is 183 Å². The monoisotopic (exact) mass is 629 g/mol. The van der Waals surface area contributed by atoms with E-state index in [1.165, 1.54) is 24.3 Å². The number of alkyl halides is 3. The zero-order valence-corrected chi connectivity index (χ0v) is 22.9. The van der Waals surface area contributed by atoms with Gasteiger partial charge in [0.05, 0.1) is 26.9 Å². The molecule has 0 amide bonds. The number of sulfonamides is 1. The van der Waals surface area contributed by atoms with Crippen LogP contribution in [0.5, 0.6) is 0 Å². The molecule has 0 atom stereocenters. The molecule has 4 rings (SSSR count). The highest BCUT2D eigenvalue weighted by molar-refractivity contribution is 7.93. The van der Waals surface area contributed by atoms with E-state index in [-0.39, 0.29) is 27.9 Å². The van der Waals surface area contributed by atoms with E-state index in [2.05, 4.69) is 15.3 Å². The lowest BCUT2D eigenvalue weighted by Crippen LogP contribution is -2.26. The molecule has 3 aromatic carbocycles. The fourth-order valence-electron chi connectivity index (χ4n) is 3.54. The maximum absolute atomic E-state index is 13.3. The van der Waals surface area contributed by atoms with Gasteiger partial charge >= 0.3 is 11.7 Å². The third-order valence-corrected chi connectivity index (χ3v) is 8.64. The first-order valence-electron chi connectivity index (χ1n) is 11.0. The summed E-state index contributed by atoms with van der Waals surface area (Å²) < 4.78 is 101. The van der Waals surface area contributed by atoms with E-state index < -0.39 is 52.9 Å². The number of aromatic amines is 1. The van der Waals surface area contributed by atoms with Crippen molar-refractivity contribution in [2.75, 3.05) is 17.1 Å². The lowest BCUT2D eigenvalue weighted by Gasteiger charge is -2.20. The van der Waals surface area contributed by atoms with Gasteiger partial charge in [-0.05, 0) is 54.6 Å². The number of nitrogens with zero attached hydrogens (tertiary/aromatic N) is 4. The Balaban J connectivity index is 1.71. The van der Waals surface area contributed by atoms with Crippen LogP contribution in [0.15, 0.2) is 91.5 Å². The average Bonchev–Trinajstić information content (AvgIpc) is 3.18. The second kappa shape index (κ2) is 10.7. The summed E-state index contributed by atoms with van der Waals surface area (Å²) in [6.45, 7) is 0. The SMILES string of the molecule is CN(c1ccc(C(F)(F)F)cc1)S(=O)(=O)c1ccccc1N=Nc1c(N)[nH]n(-c2cc(S(=O)(=O)[O-])ccc2Cl)c1=O. The second-order valence-corrected chi connectivity index (χ2v) is 12.0. The number of benzene rings is 3. The van der Waals surface area contributed by atoms with Crippen molar-refractivity contribution in [3.05, 3.63) is 87.7 Å². The maximum Gasteiger partial charge on any atom is 0.416 e. The molecule has 0 aliphatic heterocycles. The fourth-order valence-corrected chi connectivity index (χ4v) is 5.55. The van der Waals surface area contributed by atoms with Crippen LogP contribution in [0.3, 0.4) is 0 Å². The van der Waals surface area contributed by atoms with Crippen LogP contribution in [-0.2, 0) is 26.3 Å². The van der Waals surface area contributed by atoms with Crippen molar-refractivity contribution in [3.8, 4) is 5.69 Å². The molecule has 3 N–H and O–H groups in total. The Hall–Kier alpha value is -4.19. The lowest BCUT2D eigenvalue weighted by atomic mass is 10.2. The standard InChI is InChI=1S/C23H18ClF3N6O6S2/c1-32(14-8-6-13(7-9-14)23(25,26)27)40(35,36)19-5-3-2-4-17(19)29-30-20-21(28)31-33(22(20)34)18-12-15(41(37,38)39)10-11-16(18)24/h2-12,31H,28H2,1H3,(H,37,38,39)/p-1. The predicted octanol–water partition coefficient (Wildman–Crippen LogP) is 4.56. The first kappa shape index (κ1) is 29.8. The van der Waals surface area contributed by atoms with Gasteiger partial charge in [0.25, 0.3) is 10.0 Å². The molecule has 1 heterocycles. The Morgan fingerprint density at radius 2 is 1.63 bits per heavy atom. The molecule has 0 saturated carbocycles. The van der Waals surface area contributed by atoms with Gasteiger partial charge in [0.2, 0.25) is 0 Å². The van der Waals surface area contributed by atoms with Crippen LogP contribution >= 0.6 is 11.6 Å². The van der Waals surface area contributed by atoms with Crippen LogP contribution in [0.2, 0.25) is 5.02 Å². The summed E-state index contributed by atoms with van der Waals surface area (Å²) >= 11 is 6.07. The van der Waals surface area contributed by atoms with Crippen molar-refractivity contribution in [1.29, 1.82) is 0 Å². The predicted molar refractivity (Wildman–Crippen MR) is 141 cm³/mol. The van der Waals surface area contributed by atoms with Crippen LogP contribution in [0.1, 0.15) is 5.56 Å². The average molecular weight is 630 g/mol. The molecular weight excluding hydrogens is 613 g/mol. The van der Waals surface area contributed by atoms with Gasteiger partial charge in [0, 0.05) is 7.05 Å². The minimum absolute atomic E-state index is 0.0679. The summed E-state index contributed by atoms with van der Waals surface area (Å²) in [5, 5.41) is 9.93. The Morgan fingerprint density at radius 1 is 1.00 bits per heavy atom. The number of aromatic nitrogens is 2. The number of H-pyrrole nitrogens is 1. The van der Waals surface area contributed by atoms with Crippen molar-refractivity contribution in [2.45, 2.75) is 16.0 Å². The summed E-state index contributed by atoms with van der Waals surface area (Å²) in [6.07, 6.45) is -4.61. The molecule has 0 aliphatic carbocycles. The Bertz CT molecular complexity index is 1940. The molecule has 0 radical (unpaired) electrons. The van der Waals surface area contributed by atoms with Gasteiger partial charge in [0.1, 0.15) is 26.5 Å². The first-order valence-corrected chi connectivity index (χ1v) is 14.3. The molecule has 0 fully saturated rings. The van der Waals surface area contributed by atoms with E-state index >= 15 is 0 Å². The molecule has 0 aliphatic rings. The number of halogens is 4. The van der Waals surface area contributed by atoms with Crippen LogP contribution < -0.4 is 15.6 Å². The van der Waals surface area contributed by atoms with Gasteiger partial charge in [0.15, 0.2) is 5.69 Å². The molecule has 1 aromatic heterocycles. The quantitative estimate of drug-likeness (QED) is 0.222. The summed E-state index contributed by atoms with van der Waals surface area (Å²) in [6, 6.07) is 11.6. The van der Waals surface area contributed by atoms with E-state index in [4.69, 9.17) is 17.3 Å². The Labute approximate surface area is 235 Å². The fraction of sp³-hybridized carbons (Fsp3) is 0.0870. The highest BCUT2D eigenvalue weighted by atomic mass is 35.5. The maximum atomic E-state index is 13.3. The normalized spacial score (nSPS) is 12.6. The minimum atomic E-state index is -4.89. The van der Waals surface area contributed by atoms with Crippen LogP contribution in [0.25, 0.3) is 5.69 Å². The number of hydrogen-bond donors (Lipinski definition) is 2. The summed E-state index contributed by atoms with van der Waals surface area (Å²) in [7, 11) is -8.14. The zero-order valence-electron chi connectivity index (χ0n) is 20.5. The molecule has 216 valence electrons. The minimum Gasteiger partial charge on any atom is -0.744 e. The number of anilines is 2. The van der Waals surface area contributed by atoms with E-state index in [0.29, 0.717) is 0 Å². The van der Waals surface area contributed by atoms with E-state index in [9.17, 15) is 39.4 Å². The molecule has 0 saturated heterocycles. The molecule has 0 unspecified atom stereocenters. The Kier molecular flexibility index (Phi) is 7.74. The van der Waals surface area contributed by atoms with Crippen molar-refractivity contribution in [3.63, 3.8) is 0 Å². The first-order chi connectivity index (χ1) is 19.0. The molecule has 12 nitrogen and oxygen atoms in total. The van der Waals surface area contributed by atoms with Gasteiger partial charge < -0.3 is 10.3 Å². The van der Waals surface area contributed by atoms with Crippen LogP contribution in [0.4, 0.5) is 36.1 Å². The number of rotatable bonds is 7. The Morgan fingerprint density at radius 3 is 2.24 bits per heavy atom. The molecule has 18 heteroatoms. The second-order valence-electron chi connectivity index (χ2n) is 8.27. The highest BCUT2D eigenvalue weighted by Crippen LogP contribution is 2.34. The number of nitrogen functional groups attached to an aromatic ring is 1. The molecular formula is C23H17ClF3N6O6S2-. The summed E-state index contributed by atoms with van der Waals surface area (Å²) in [5.74, 6) is -0.354. The zero-order chi connectivity index (χ0) is 30.3.